The molecule has 0 aliphatic carbocycles. The Balaban J connectivity index is 4.64. The summed E-state index contributed by atoms with van der Waals surface area (Å²) in [5, 5.41) is 0. The first-order valence-electron chi connectivity index (χ1n) is 5.22. The maximum atomic E-state index is 5.40. The Labute approximate surface area is 93.6 Å². The fraction of sp³-hybridized carbons (Fsp3) is 0.917. The summed E-state index contributed by atoms with van der Waals surface area (Å²) >= 11 is 0. The van der Waals surface area contributed by atoms with E-state index < -0.39 is 0 Å². The number of hydrogen-bond acceptors (Lipinski definition) is 2. The van der Waals surface area contributed by atoms with Crippen LogP contribution in [0.1, 0.15) is 48.5 Å². The van der Waals surface area contributed by atoms with E-state index >= 15 is 0 Å². The molecule has 0 aliphatic rings. The molecule has 0 spiro atoms. The van der Waals surface area contributed by atoms with Crippen molar-refractivity contribution in [3.63, 3.8) is 0 Å². The van der Waals surface area contributed by atoms with Crippen LogP contribution in [0, 0.1) is 6.26 Å². The van der Waals surface area contributed by atoms with Gasteiger partial charge < -0.3 is 9.47 Å². The Hall–Kier alpha value is -0.750. The average Bonchev–Trinajstić information content (AvgIpc) is 2.01. The third-order valence-electron chi connectivity index (χ3n) is 2.66. The summed E-state index contributed by atoms with van der Waals surface area (Å²) in [5.74, 6) is 0. The Morgan fingerprint density at radius 3 is 1.73 bits per heavy atom. The SMILES string of the molecule is COC(C)(C)C(C)(C)[N+]#COC(C)(C)C. The fourth-order valence-corrected chi connectivity index (χ4v) is 0.658. The average molecular weight is 214 g/mol. The topological polar surface area (TPSA) is 22.8 Å². The Morgan fingerprint density at radius 2 is 1.40 bits per heavy atom. The number of hydrogen-bond donors (Lipinski definition) is 0. The van der Waals surface area contributed by atoms with Crippen LogP contribution in [0.5, 0.6) is 0 Å². The standard InChI is InChI=1S/C12H24NO2/c1-10(2,3)15-9-13-11(4,5)12(6,7)14-8/h1-8H3/q+1. The molecule has 0 radical (unpaired) electrons. The van der Waals surface area contributed by atoms with E-state index in [9.17, 15) is 0 Å². The highest BCUT2D eigenvalue weighted by molar-refractivity contribution is 5.07. The smallest absolute Gasteiger partial charge is 0.387 e. The highest BCUT2D eigenvalue weighted by atomic mass is 16.5. The minimum Gasteiger partial charge on any atom is -0.387 e. The molecule has 0 bridgehead atoms. The van der Waals surface area contributed by atoms with Gasteiger partial charge in [0, 0.05) is 21.0 Å². The number of rotatable bonds is 2. The summed E-state index contributed by atoms with van der Waals surface area (Å²) < 4.78 is 10.7. The van der Waals surface area contributed by atoms with Crippen molar-refractivity contribution in [1.29, 1.82) is 0 Å². The third-order valence-corrected chi connectivity index (χ3v) is 2.66. The van der Waals surface area contributed by atoms with E-state index in [0.717, 1.165) is 0 Å². The van der Waals surface area contributed by atoms with E-state index in [1.54, 1.807) is 7.11 Å². The maximum absolute atomic E-state index is 5.40. The van der Waals surface area contributed by atoms with E-state index in [-0.39, 0.29) is 16.7 Å². The zero-order valence-corrected chi connectivity index (χ0v) is 11.3. The van der Waals surface area contributed by atoms with Gasteiger partial charge in [-0.1, -0.05) is 0 Å². The second-order valence-electron chi connectivity index (χ2n) is 5.69. The van der Waals surface area contributed by atoms with Crippen LogP contribution >= 0.6 is 0 Å². The minimum absolute atomic E-state index is 0.253. The van der Waals surface area contributed by atoms with Gasteiger partial charge in [-0.3, -0.25) is 0 Å². The zero-order valence-electron chi connectivity index (χ0n) is 11.3. The molecule has 0 aromatic heterocycles. The normalized spacial score (nSPS) is 13.1. The molecule has 0 aromatic rings. The van der Waals surface area contributed by atoms with Gasteiger partial charge in [-0.15, -0.1) is 0 Å². The number of ether oxygens (including phenoxy) is 2. The van der Waals surface area contributed by atoms with Gasteiger partial charge in [0.15, 0.2) is 0 Å². The molecule has 3 nitrogen and oxygen atoms in total. The summed E-state index contributed by atoms with van der Waals surface area (Å²) in [5.41, 5.74) is -0.967. The summed E-state index contributed by atoms with van der Waals surface area (Å²) in [4.78, 5) is 4.29. The monoisotopic (exact) mass is 214 g/mol. The van der Waals surface area contributed by atoms with Crippen LogP contribution in [0.4, 0.5) is 0 Å². The second kappa shape index (κ2) is 4.40. The van der Waals surface area contributed by atoms with E-state index in [1.807, 2.05) is 48.5 Å². The van der Waals surface area contributed by atoms with Crippen LogP contribution in [0.15, 0.2) is 0 Å². The van der Waals surface area contributed by atoms with Crippen molar-refractivity contribution in [2.24, 2.45) is 0 Å². The molecule has 0 atom stereocenters. The predicted molar refractivity (Wildman–Crippen MR) is 63.3 cm³/mol. The lowest BCUT2D eigenvalue weighted by Gasteiger charge is -2.26. The van der Waals surface area contributed by atoms with Crippen LogP contribution in [0.2, 0.25) is 0 Å². The van der Waals surface area contributed by atoms with Gasteiger partial charge in [0.05, 0.1) is 0 Å². The van der Waals surface area contributed by atoms with Crippen LogP contribution in [-0.2, 0) is 9.47 Å². The Morgan fingerprint density at radius 1 is 0.933 bits per heavy atom. The molecular weight excluding hydrogens is 190 g/mol. The van der Waals surface area contributed by atoms with Gasteiger partial charge in [0.25, 0.3) is 0 Å². The number of nitrogens with zero attached hydrogens (tertiary/aromatic N) is 1. The van der Waals surface area contributed by atoms with Crippen molar-refractivity contribution in [2.75, 3.05) is 7.11 Å². The Bertz CT molecular complexity index is 264. The summed E-state index contributed by atoms with van der Waals surface area (Å²) in [6.07, 6.45) is 2.65. The molecule has 15 heavy (non-hydrogen) atoms. The molecule has 0 unspecified atom stereocenters. The van der Waals surface area contributed by atoms with Crippen molar-refractivity contribution in [3.05, 3.63) is 4.85 Å². The van der Waals surface area contributed by atoms with E-state index in [1.165, 1.54) is 0 Å². The van der Waals surface area contributed by atoms with Crippen molar-refractivity contribution in [2.45, 2.75) is 65.2 Å². The van der Waals surface area contributed by atoms with Crippen LogP contribution in [-0.4, -0.2) is 23.9 Å². The summed E-state index contributed by atoms with van der Waals surface area (Å²) in [6, 6.07) is 0. The van der Waals surface area contributed by atoms with E-state index in [4.69, 9.17) is 9.47 Å². The summed E-state index contributed by atoms with van der Waals surface area (Å²) in [7, 11) is 1.68. The maximum Gasteiger partial charge on any atom is 0.515 e. The Kier molecular flexibility index (Phi) is 4.18. The zero-order chi connectivity index (χ0) is 12.3. The van der Waals surface area contributed by atoms with E-state index in [0.29, 0.717) is 0 Å². The van der Waals surface area contributed by atoms with Gasteiger partial charge >= 0.3 is 11.8 Å². The van der Waals surface area contributed by atoms with Gasteiger partial charge in [-0.05, 0) is 39.5 Å². The van der Waals surface area contributed by atoms with Crippen LogP contribution in [0.25, 0.3) is 4.85 Å². The van der Waals surface area contributed by atoms with Gasteiger partial charge in [-0.25, -0.2) is 0 Å². The van der Waals surface area contributed by atoms with Gasteiger partial charge in [0.2, 0.25) is 0 Å². The van der Waals surface area contributed by atoms with E-state index in [2.05, 4.69) is 11.1 Å². The lowest BCUT2D eigenvalue weighted by atomic mass is 9.87. The first-order valence-corrected chi connectivity index (χ1v) is 5.22. The molecule has 0 fully saturated rings. The van der Waals surface area contributed by atoms with Gasteiger partial charge in [-0.2, -0.15) is 0 Å². The lowest BCUT2D eigenvalue weighted by molar-refractivity contribution is -0.0172. The lowest BCUT2D eigenvalue weighted by Crippen LogP contribution is -2.44. The van der Waals surface area contributed by atoms with Gasteiger partial charge in [0.1, 0.15) is 11.2 Å². The first-order chi connectivity index (χ1) is 6.52. The molecule has 0 saturated carbocycles. The van der Waals surface area contributed by atoms with Crippen molar-refractivity contribution in [1.82, 2.24) is 0 Å². The second-order valence-corrected chi connectivity index (χ2v) is 5.69. The molecule has 0 aliphatic heterocycles. The fourth-order valence-electron chi connectivity index (χ4n) is 0.658. The molecule has 0 N–H and O–H groups in total. The highest BCUT2D eigenvalue weighted by Gasteiger charge is 2.47. The molecule has 3 heteroatoms. The number of methoxy groups -OCH3 is 1. The van der Waals surface area contributed by atoms with Crippen molar-refractivity contribution in [3.8, 4) is 6.26 Å². The highest BCUT2D eigenvalue weighted by Crippen LogP contribution is 2.28. The summed E-state index contributed by atoms with van der Waals surface area (Å²) in [6.45, 7) is 13.9. The molecule has 0 amide bonds. The molecule has 0 aromatic carbocycles. The van der Waals surface area contributed by atoms with Crippen LogP contribution < -0.4 is 0 Å². The predicted octanol–water partition coefficient (Wildman–Crippen LogP) is 3.30. The largest absolute Gasteiger partial charge is 0.515 e. The van der Waals surface area contributed by atoms with Crippen LogP contribution in [0.3, 0.4) is 0 Å². The first kappa shape index (κ1) is 14.2. The minimum atomic E-state index is -0.368. The van der Waals surface area contributed by atoms with Crippen molar-refractivity contribution >= 4 is 0 Å². The quantitative estimate of drug-likeness (QED) is 0.658. The molecular formula is C12H24NO2+. The molecule has 88 valence electrons. The molecule has 0 rings (SSSR count). The van der Waals surface area contributed by atoms with Crippen molar-refractivity contribution < 1.29 is 9.47 Å². The molecule has 0 heterocycles. The molecule has 0 saturated heterocycles. The third kappa shape index (κ3) is 4.53.